The number of aldehydes is 1. The van der Waals surface area contributed by atoms with Crippen molar-refractivity contribution < 1.29 is 14.3 Å². The van der Waals surface area contributed by atoms with E-state index in [9.17, 15) is 4.79 Å². The quantitative estimate of drug-likeness (QED) is 0.605. The van der Waals surface area contributed by atoms with E-state index < -0.39 is 0 Å². The number of aromatic nitrogens is 1. The van der Waals surface area contributed by atoms with Crippen molar-refractivity contribution >= 4 is 29.0 Å². The van der Waals surface area contributed by atoms with Crippen LogP contribution in [0.2, 0.25) is 0 Å². The molecule has 3 aromatic rings. The number of carbonyl (C=O) groups is 1. The van der Waals surface area contributed by atoms with Gasteiger partial charge in [0.05, 0.1) is 28.3 Å². The molecule has 3 rings (SSSR count). The molecule has 2 aromatic heterocycles. The monoisotopic (exact) mass is 345 g/mol. The van der Waals surface area contributed by atoms with Crippen LogP contribution in [0.4, 0.5) is 0 Å². The van der Waals surface area contributed by atoms with Crippen molar-refractivity contribution in [2.75, 3.05) is 13.7 Å². The van der Waals surface area contributed by atoms with Gasteiger partial charge in [0, 0.05) is 0 Å². The topological polar surface area (TPSA) is 48.4 Å². The first kappa shape index (κ1) is 15.7. The van der Waals surface area contributed by atoms with Gasteiger partial charge in [0.1, 0.15) is 10.8 Å². The summed E-state index contributed by atoms with van der Waals surface area (Å²) in [7, 11) is 1.65. The first-order valence-corrected chi connectivity index (χ1v) is 8.72. The molecule has 0 aliphatic rings. The summed E-state index contributed by atoms with van der Waals surface area (Å²) >= 11 is 2.99. The molecule has 0 bridgehead atoms. The Morgan fingerprint density at radius 2 is 1.91 bits per heavy atom. The third-order valence-electron chi connectivity index (χ3n) is 3.18. The van der Waals surface area contributed by atoms with Crippen LogP contribution < -0.4 is 9.47 Å². The Balaban J connectivity index is 2.02. The molecule has 4 nitrogen and oxygen atoms in total. The first-order valence-electron chi connectivity index (χ1n) is 7.08. The summed E-state index contributed by atoms with van der Waals surface area (Å²) in [6, 6.07) is 11.5. The molecular weight excluding hydrogens is 330 g/mol. The van der Waals surface area contributed by atoms with Gasteiger partial charge in [-0.3, -0.25) is 4.79 Å². The first-order chi connectivity index (χ1) is 11.2. The maximum absolute atomic E-state index is 10.9. The molecule has 2 heterocycles. The van der Waals surface area contributed by atoms with Gasteiger partial charge >= 0.3 is 0 Å². The van der Waals surface area contributed by atoms with Crippen molar-refractivity contribution in [3.8, 4) is 32.0 Å². The van der Waals surface area contributed by atoms with Gasteiger partial charge in [-0.1, -0.05) is 0 Å². The molecule has 1 aromatic carbocycles. The van der Waals surface area contributed by atoms with Crippen molar-refractivity contribution in [3.63, 3.8) is 0 Å². The molecule has 0 spiro atoms. The minimum Gasteiger partial charge on any atom is -0.497 e. The predicted molar refractivity (Wildman–Crippen MR) is 94.0 cm³/mol. The lowest BCUT2D eigenvalue weighted by Crippen LogP contribution is -1.93. The highest BCUT2D eigenvalue weighted by Gasteiger charge is 2.17. The molecule has 0 radical (unpaired) electrons. The molecule has 0 fully saturated rings. The van der Waals surface area contributed by atoms with Gasteiger partial charge in [0.15, 0.2) is 6.29 Å². The number of hydrogen-bond donors (Lipinski definition) is 0. The van der Waals surface area contributed by atoms with Crippen LogP contribution in [0.15, 0.2) is 36.4 Å². The van der Waals surface area contributed by atoms with Crippen molar-refractivity contribution in [3.05, 3.63) is 41.3 Å². The Morgan fingerprint density at radius 1 is 1.13 bits per heavy atom. The lowest BCUT2D eigenvalue weighted by atomic mass is 10.2. The van der Waals surface area contributed by atoms with Crippen LogP contribution in [0, 0.1) is 0 Å². The Kier molecular flexibility index (Phi) is 4.73. The smallest absolute Gasteiger partial charge is 0.233 e. The molecule has 23 heavy (non-hydrogen) atoms. The predicted octanol–water partition coefficient (Wildman–Crippen LogP) is 4.76. The normalized spacial score (nSPS) is 10.5. The fourth-order valence-corrected chi connectivity index (χ4v) is 4.00. The van der Waals surface area contributed by atoms with Crippen molar-refractivity contribution in [2.45, 2.75) is 6.92 Å². The third kappa shape index (κ3) is 3.28. The summed E-state index contributed by atoms with van der Waals surface area (Å²) in [5.74, 6) is 1.43. The molecule has 0 amide bonds. The highest BCUT2D eigenvalue weighted by atomic mass is 32.1. The summed E-state index contributed by atoms with van der Waals surface area (Å²) in [6.07, 6.45) is 0.857. The fraction of sp³-hybridized carbons (Fsp3) is 0.176. The number of thiazole rings is 1. The molecule has 0 N–H and O–H groups in total. The van der Waals surface area contributed by atoms with E-state index in [0.29, 0.717) is 17.4 Å². The molecule has 6 heteroatoms. The number of hydrogen-bond acceptors (Lipinski definition) is 6. The number of methoxy groups -OCH3 is 1. The number of carbonyl (C=O) groups excluding carboxylic acids is 1. The zero-order chi connectivity index (χ0) is 16.2. The van der Waals surface area contributed by atoms with Gasteiger partial charge in [-0.05, 0) is 48.9 Å². The lowest BCUT2D eigenvalue weighted by Gasteiger charge is -2.04. The van der Waals surface area contributed by atoms with E-state index in [0.717, 1.165) is 32.4 Å². The molecule has 0 aliphatic carbocycles. The van der Waals surface area contributed by atoms with Crippen LogP contribution >= 0.6 is 22.7 Å². The van der Waals surface area contributed by atoms with Crippen molar-refractivity contribution in [2.24, 2.45) is 0 Å². The lowest BCUT2D eigenvalue weighted by molar-refractivity contribution is 0.112. The molecule has 0 saturated heterocycles. The number of ether oxygens (including phenoxy) is 2. The third-order valence-corrected chi connectivity index (χ3v) is 5.45. The second-order valence-corrected chi connectivity index (χ2v) is 6.75. The van der Waals surface area contributed by atoms with Crippen LogP contribution in [0.3, 0.4) is 0 Å². The zero-order valence-corrected chi connectivity index (χ0v) is 14.4. The maximum atomic E-state index is 10.9. The van der Waals surface area contributed by atoms with Gasteiger partial charge in [-0.15, -0.1) is 22.7 Å². The second kappa shape index (κ2) is 6.93. The molecule has 0 aliphatic heterocycles. The van der Waals surface area contributed by atoms with Crippen LogP contribution in [0.25, 0.3) is 20.3 Å². The van der Waals surface area contributed by atoms with Crippen molar-refractivity contribution in [1.29, 1.82) is 0 Å². The number of rotatable bonds is 6. The summed E-state index contributed by atoms with van der Waals surface area (Å²) < 4.78 is 10.9. The van der Waals surface area contributed by atoms with E-state index in [4.69, 9.17) is 9.47 Å². The minimum atomic E-state index is 0.552. The highest BCUT2D eigenvalue weighted by molar-refractivity contribution is 7.24. The summed E-state index contributed by atoms with van der Waals surface area (Å²) in [5, 5.41) is 0.859. The summed E-state index contributed by atoms with van der Waals surface area (Å²) in [4.78, 5) is 18.1. The van der Waals surface area contributed by atoms with Crippen LogP contribution in [-0.2, 0) is 0 Å². The van der Waals surface area contributed by atoms with Gasteiger partial charge in [0.2, 0.25) is 5.88 Å². The van der Waals surface area contributed by atoms with E-state index in [1.165, 1.54) is 11.3 Å². The molecule has 0 atom stereocenters. The van der Waals surface area contributed by atoms with Gasteiger partial charge in [-0.25, -0.2) is 4.98 Å². The van der Waals surface area contributed by atoms with E-state index >= 15 is 0 Å². The number of nitrogens with zero attached hydrogens (tertiary/aromatic N) is 1. The fourth-order valence-electron chi connectivity index (χ4n) is 2.10. The second-order valence-electron chi connectivity index (χ2n) is 4.63. The summed E-state index contributed by atoms with van der Waals surface area (Å²) in [6.45, 7) is 2.49. The molecule has 118 valence electrons. The standard InChI is InChI=1S/C17H15NO3S2/c1-3-21-16-15(11-4-6-12(20-2)7-5-11)23-17(18-16)14-9-8-13(10-19)22-14/h4-10H,3H2,1-2H3. The van der Waals surface area contributed by atoms with E-state index in [1.54, 1.807) is 18.4 Å². The van der Waals surface area contributed by atoms with Crippen LogP contribution in [0.1, 0.15) is 16.6 Å². The minimum absolute atomic E-state index is 0.552. The average molecular weight is 345 g/mol. The SMILES string of the molecule is CCOc1nc(-c2ccc(C=O)s2)sc1-c1ccc(OC)cc1. The van der Waals surface area contributed by atoms with Crippen molar-refractivity contribution in [1.82, 2.24) is 4.98 Å². The molecule has 0 saturated carbocycles. The maximum Gasteiger partial charge on any atom is 0.233 e. The summed E-state index contributed by atoms with van der Waals surface area (Å²) in [5.41, 5.74) is 1.03. The largest absolute Gasteiger partial charge is 0.497 e. The Labute approximate surface area is 142 Å². The molecular formula is C17H15NO3S2. The van der Waals surface area contributed by atoms with E-state index in [1.807, 2.05) is 43.3 Å². The van der Waals surface area contributed by atoms with Gasteiger partial charge in [-0.2, -0.15) is 0 Å². The van der Waals surface area contributed by atoms with E-state index in [2.05, 4.69) is 4.98 Å². The van der Waals surface area contributed by atoms with Gasteiger partial charge in [0.25, 0.3) is 0 Å². The Morgan fingerprint density at radius 3 is 2.52 bits per heavy atom. The highest BCUT2D eigenvalue weighted by Crippen LogP contribution is 2.42. The number of benzene rings is 1. The molecule has 0 unspecified atom stereocenters. The van der Waals surface area contributed by atoms with Crippen LogP contribution in [0.5, 0.6) is 11.6 Å². The zero-order valence-electron chi connectivity index (χ0n) is 12.7. The Hall–Kier alpha value is -2.18. The van der Waals surface area contributed by atoms with Crippen LogP contribution in [-0.4, -0.2) is 25.0 Å². The average Bonchev–Trinajstić information content (AvgIpc) is 3.22. The van der Waals surface area contributed by atoms with Gasteiger partial charge < -0.3 is 9.47 Å². The van der Waals surface area contributed by atoms with E-state index in [-0.39, 0.29) is 0 Å². The number of thiophene rings is 1. The Bertz CT molecular complexity index is 806.